The number of hydrogen-bond acceptors (Lipinski definition) is 1. The lowest BCUT2D eigenvalue weighted by atomic mass is 10.0. The number of benzene rings is 4. The minimum atomic E-state index is -0.127. The molecule has 4 aromatic carbocycles. The number of hydrogen-bond donors (Lipinski definition) is 1. The smallest absolute Gasteiger partial charge is 0.255 e. The summed E-state index contributed by atoms with van der Waals surface area (Å²) in [6.45, 7) is 2.00. The minimum Gasteiger partial charge on any atom is -0.321 e. The van der Waals surface area contributed by atoms with Gasteiger partial charge in [0.15, 0.2) is 0 Å². The van der Waals surface area contributed by atoms with Gasteiger partial charge < -0.3 is 5.32 Å². The molecular formula is C26H19NO. The number of anilines is 1. The van der Waals surface area contributed by atoms with Crippen molar-refractivity contribution in [2.75, 3.05) is 5.32 Å². The molecule has 0 atom stereocenters. The molecule has 0 fully saturated rings. The summed E-state index contributed by atoms with van der Waals surface area (Å²) < 4.78 is 0. The molecule has 0 spiro atoms. The first-order valence-corrected chi connectivity index (χ1v) is 9.17. The van der Waals surface area contributed by atoms with Gasteiger partial charge in [-0.05, 0) is 48.7 Å². The van der Waals surface area contributed by atoms with Crippen LogP contribution in [0.15, 0.2) is 91.0 Å². The van der Waals surface area contributed by atoms with Crippen LogP contribution in [0.4, 0.5) is 5.69 Å². The second-order valence-electron chi connectivity index (χ2n) is 6.65. The van der Waals surface area contributed by atoms with Crippen LogP contribution in [-0.2, 0) is 0 Å². The Hall–Kier alpha value is -3.83. The molecule has 1 N–H and O–H groups in total. The van der Waals surface area contributed by atoms with Crippen LogP contribution in [0.1, 0.15) is 27.0 Å². The van der Waals surface area contributed by atoms with E-state index in [9.17, 15) is 4.79 Å². The molecule has 4 rings (SSSR count). The molecule has 0 bridgehead atoms. The van der Waals surface area contributed by atoms with E-state index in [0.29, 0.717) is 5.56 Å². The molecule has 0 radical (unpaired) electrons. The van der Waals surface area contributed by atoms with Crippen LogP contribution in [0, 0.1) is 18.8 Å². The average Bonchev–Trinajstić information content (AvgIpc) is 2.73. The zero-order valence-electron chi connectivity index (χ0n) is 15.6. The third-order valence-corrected chi connectivity index (χ3v) is 4.58. The van der Waals surface area contributed by atoms with Gasteiger partial charge in [-0.15, -0.1) is 0 Å². The maximum atomic E-state index is 12.7. The van der Waals surface area contributed by atoms with Crippen molar-refractivity contribution < 1.29 is 4.79 Å². The Labute approximate surface area is 164 Å². The maximum Gasteiger partial charge on any atom is 0.255 e. The first-order chi connectivity index (χ1) is 13.7. The van der Waals surface area contributed by atoms with Crippen LogP contribution in [-0.4, -0.2) is 5.91 Å². The van der Waals surface area contributed by atoms with Gasteiger partial charge in [-0.2, -0.15) is 0 Å². The number of amides is 1. The predicted molar refractivity (Wildman–Crippen MR) is 116 cm³/mol. The molecule has 0 saturated heterocycles. The van der Waals surface area contributed by atoms with E-state index in [1.54, 1.807) is 0 Å². The van der Waals surface area contributed by atoms with E-state index < -0.39 is 0 Å². The maximum absolute atomic E-state index is 12.7. The zero-order valence-corrected chi connectivity index (χ0v) is 15.6. The molecule has 0 aromatic heterocycles. The van der Waals surface area contributed by atoms with Gasteiger partial charge in [0.05, 0.1) is 5.69 Å². The highest BCUT2D eigenvalue weighted by Crippen LogP contribution is 2.27. The van der Waals surface area contributed by atoms with Crippen molar-refractivity contribution in [2.24, 2.45) is 0 Å². The summed E-state index contributed by atoms with van der Waals surface area (Å²) in [5.74, 6) is 6.35. The molecule has 0 heterocycles. The SMILES string of the molecule is Cc1ccc(C(=O)Nc2cccc3cccc(C#Cc4ccccc4)c23)cc1. The fraction of sp³-hybridized carbons (Fsp3) is 0.0385. The molecule has 0 saturated carbocycles. The van der Waals surface area contributed by atoms with Crippen LogP contribution in [0.2, 0.25) is 0 Å². The minimum absolute atomic E-state index is 0.127. The van der Waals surface area contributed by atoms with Crippen LogP contribution in [0.5, 0.6) is 0 Å². The van der Waals surface area contributed by atoms with Crippen LogP contribution >= 0.6 is 0 Å². The first-order valence-electron chi connectivity index (χ1n) is 9.17. The van der Waals surface area contributed by atoms with Crippen LogP contribution < -0.4 is 5.32 Å². The summed E-state index contributed by atoms with van der Waals surface area (Å²) in [5.41, 5.74) is 4.37. The Morgan fingerprint density at radius 1 is 0.750 bits per heavy atom. The van der Waals surface area contributed by atoms with E-state index in [2.05, 4.69) is 17.2 Å². The highest BCUT2D eigenvalue weighted by molar-refractivity contribution is 6.10. The van der Waals surface area contributed by atoms with Crippen molar-refractivity contribution in [3.05, 3.63) is 113 Å². The van der Waals surface area contributed by atoms with Crippen molar-refractivity contribution >= 4 is 22.4 Å². The number of aryl methyl sites for hydroxylation is 1. The van der Waals surface area contributed by atoms with Crippen LogP contribution in [0.3, 0.4) is 0 Å². The van der Waals surface area contributed by atoms with E-state index in [1.165, 1.54) is 0 Å². The largest absolute Gasteiger partial charge is 0.321 e. The topological polar surface area (TPSA) is 29.1 Å². The van der Waals surface area contributed by atoms with Crippen molar-refractivity contribution in [3.63, 3.8) is 0 Å². The van der Waals surface area contributed by atoms with Gasteiger partial charge in [-0.1, -0.05) is 72.0 Å². The zero-order chi connectivity index (χ0) is 19.3. The first kappa shape index (κ1) is 17.6. The Morgan fingerprint density at radius 2 is 1.46 bits per heavy atom. The molecule has 0 aliphatic heterocycles. The number of rotatable bonds is 2. The van der Waals surface area contributed by atoms with Crippen molar-refractivity contribution in [3.8, 4) is 11.8 Å². The summed E-state index contributed by atoms with van der Waals surface area (Å²) in [4.78, 5) is 12.7. The summed E-state index contributed by atoms with van der Waals surface area (Å²) in [7, 11) is 0. The molecule has 0 aliphatic rings. The summed E-state index contributed by atoms with van der Waals surface area (Å²) in [5, 5.41) is 5.05. The van der Waals surface area contributed by atoms with Gasteiger partial charge in [0.1, 0.15) is 0 Å². The average molecular weight is 361 g/mol. The highest BCUT2D eigenvalue weighted by Gasteiger charge is 2.10. The number of carbonyl (C=O) groups is 1. The van der Waals surface area contributed by atoms with E-state index >= 15 is 0 Å². The molecule has 4 aromatic rings. The second-order valence-corrected chi connectivity index (χ2v) is 6.65. The molecule has 28 heavy (non-hydrogen) atoms. The Kier molecular flexibility index (Phi) is 4.91. The van der Waals surface area contributed by atoms with Crippen molar-refractivity contribution in [1.29, 1.82) is 0 Å². The Balaban J connectivity index is 1.74. The molecular weight excluding hydrogens is 342 g/mol. The third kappa shape index (κ3) is 3.79. The van der Waals surface area contributed by atoms with Gasteiger partial charge in [0.25, 0.3) is 5.91 Å². The standard InChI is InChI=1S/C26H19NO/c1-19-13-16-23(17-14-19)26(28)27-24-12-6-11-21-9-5-10-22(25(21)24)18-15-20-7-3-2-4-8-20/h2-14,16-17H,1H3,(H,27,28). The summed E-state index contributed by atoms with van der Waals surface area (Å²) >= 11 is 0. The third-order valence-electron chi connectivity index (χ3n) is 4.58. The number of fused-ring (bicyclic) bond motifs is 1. The van der Waals surface area contributed by atoms with Gasteiger partial charge in [-0.25, -0.2) is 0 Å². The lowest BCUT2D eigenvalue weighted by Crippen LogP contribution is -2.12. The summed E-state index contributed by atoms with van der Waals surface area (Å²) in [6.07, 6.45) is 0. The number of nitrogens with one attached hydrogen (secondary N) is 1. The molecule has 2 nitrogen and oxygen atoms in total. The second kappa shape index (κ2) is 7.82. The monoisotopic (exact) mass is 361 g/mol. The van der Waals surface area contributed by atoms with Gasteiger partial charge in [0.2, 0.25) is 0 Å². The Morgan fingerprint density at radius 3 is 2.21 bits per heavy atom. The highest BCUT2D eigenvalue weighted by atomic mass is 16.1. The fourth-order valence-corrected chi connectivity index (χ4v) is 3.11. The quantitative estimate of drug-likeness (QED) is 0.449. The molecule has 1 amide bonds. The van der Waals surface area contributed by atoms with E-state index in [-0.39, 0.29) is 5.91 Å². The van der Waals surface area contributed by atoms with Gasteiger partial charge in [-0.3, -0.25) is 4.79 Å². The Bertz CT molecular complexity index is 1190. The molecule has 134 valence electrons. The number of carbonyl (C=O) groups excluding carboxylic acids is 1. The molecule has 0 unspecified atom stereocenters. The van der Waals surface area contributed by atoms with E-state index in [4.69, 9.17) is 0 Å². The van der Waals surface area contributed by atoms with Gasteiger partial charge >= 0.3 is 0 Å². The van der Waals surface area contributed by atoms with Crippen molar-refractivity contribution in [2.45, 2.75) is 6.92 Å². The fourth-order valence-electron chi connectivity index (χ4n) is 3.11. The predicted octanol–water partition coefficient (Wildman–Crippen LogP) is 5.80. The molecule has 0 aliphatic carbocycles. The summed E-state index contributed by atoms with van der Waals surface area (Å²) in [6, 6.07) is 29.3. The van der Waals surface area contributed by atoms with E-state index in [0.717, 1.165) is 33.2 Å². The van der Waals surface area contributed by atoms with Gasteiger partial charge in [0, 0.05) is 22.1 Å². The van der Waals surface area contributed by atoms with E-state index in [1.807, 2.05) is 97.9 Å². The van der Waals surface area contributed by atoms with Crippen molar-refractivity contribution in [1.82, 2.24) is 0 Å². The lowest BCUT2D eigenvalue weighted by Gasteiger charge is -2.11. The van der Waals surface area contributed by atoms with Crippen LogP contribution in [0.25, 0.3) is 10.8 Å². The lowest BCUT2D eigenvalue weighted by molar-refractivity contribution is 0.102. The normalized spacial score (nSPS) is 10.2. The molecule has 2 heteroatoms.